The summed E-state index contributed by atoms with van der Waals surface area (Å²) in [4.78, 5) is 6.77. The van der Waals surface area contributed by atoms with Crippen molar-refractivity contribution < 1.29 is 0 Å². The quantitative estimate of drug-likeness (QED) is 0.741. The SMILES string of the molecule is CC(C)C(C)(C)N1CCn2cncc2C1. The third-order valence-corrected chi connectivity index (χ3v) is 3.99. The van der Waals surface area contributed by atoms with E-state index < -0.39 is 0 Å². The lowest BCUT2D eigenvalue weighted by Crippen LogP contribution is -2.50. The third kappa shape index (κ3) is 1.81. The maximum absolute atomic E-state index is 4.20. The number of aromatic nitrogens is 2. The van der Waals surface area contributed by atoms with Gasteiger partial charge in [0.25, 0.3) is 0 Å². The largest absolute Gasteiger partial charge is 0.332 e. The van der Waals surface area contributed by atoms with Gasteiger partial charge < -0.3 is 4.57 Å². The van der Waals surface area contributed by atoms with Crippen molar-refractivity contribution in [1.29, 1.82) is 0 Å². The standard InChI is InChI=1S/C12H21N3/c1-10(2)12(3,4)15-6-5-14-9-13-7-11(14)8-15/h7,9-10H,5-6,8H2,1-4H3. The highest BCUT2D eigenvalue weighted by molar-refractivity contribution is 5.03. The van der Waals surface area contributed by atoms with E-state index in [9.17, 15) is 0 Å². The van der Waals surface area contributed by atoms with Crippen LogP contribution in [0.15, 0.2) is 12.5 Å². The predicted molar refractivity (Wildman–Crippen MR) is 61.6 cm³/mol. The van der Waals surface area contributed by atoms with E-state index >= 15 is 0 Å². The topological polar surface area (TPSA) is 21.1 Å². The Hall–Kier alpha value is -0.830. The molecule has 1 aliphatic heterocycles. The molecule has 0 N–H and O–H groups in total. The Balaban J connectivity index is 2.16. The fourth-order valence-corrected chi connectivity index (χ4v) is 2.04. The molecule has 84 valence electrons. The first-order valence-electron chi connectivity index (χ1n) is 5.76. The molecule has 2 rings (SSSR count). The van der Waals surface area contributed by atoms with Crippen LogP contribution in [0.3, 0.4) is 0 Å². The van der Waals surface area contributed by atoms with Crippen LogP contribution in [0.4, 0.5) is 0 Å². The summed E-state index contributed by atoms with van der Waals surface area (Å²) < 4.78 is 2.26. The maximum Gasteiger partial charge on any atom is 0.0949 e. The van der Waals surface area contributed by atoms with Gasteiger partial charge in [0.1, 0.15) is 0 Å². The van der Waals surface area contributed by atoms with Crippen molar-refractivity contribution in [1.82, 2.24) is 14.5 Å². The molecule has 2 heterocycles. The lowest BCUT2D eigenvalue weighted by atomic mass is 9.88. The summed E-state index contributed by atoms with van der Waals surface area (Å²) in [5.74, 6) is 0.673. The van der Waals surface area contributed by atoms with Crippen molar-refractivity contribution in [2.24, 2.45) is 5.92 Å². The fraction of sp³-hybridized carbons (Fsp3) is 0.750. The Morgan fingerprint density at radius 3 is 2.73 bits per heavy atom. The summed E-state index contributed by atoms with van der Waals surface area (Å²) in [5.41, 5.74) is 1.62. The van der Waals surface area contributed by atoms with E-state index in [0.717, 1.165) is 19.6 Å². The van der Waals surface area contributed by atoms with Gasteiger partial charge in [-0.2, -0.15) is 0 Å². The summed E-state index contributed by atoms with van der Waals surface area (Å²) in [5, 5.41) is 0. The molecule has 0 atom stereocenters. The smallest absolute Gasteiger partial charge is 0.0949 e. The molecule has 0 aromatic carbocycles. The molecule has 1 aromatic heterocycles. The van der Waals surface area contributed by atoms with Gasteiger partial charge in [-0.1, -0.05) is 13.8 Å². The first-order valence-corrected chi connectivity index (χ1v) is 5.76. The minimum Gasteiger partial charge on any atom is -0.332 e. The van der Waals surface area contributed by atoms with E-state index in [4.69, 9.17) is 0 Å². The number of imidazole rings is 1. The van der Waals surface area contributed by atoms with E-state index in [-0.39, 0.29) is 5.54 Å². The second-order valence-electron chi connectivity index (χ2n) is 5.31. The molecule has 3 heteroatoms. The van der Waals surface area contributed by atoms with Crippen LogP contribution in [0, 0.1) is 5.92 Å². The number of hydrogen-bond acceptors (Lipinski definition) is 2. The number of rotatable bonds is 2. The molecule has 1 aliphatic rings. The van der Waals surface area contributed by atoms with Gasteiger partial charge >= 0.3 is 0 Å². The number of nitrogens with zero attached hydrogens (tertiary/aromatic N) is 3. The molecule has 0 bridgehead atoms. The summed E-state index contributed by atoms with van der Waals surface area (Å²) >= 11 is 0. The fourth-order valence-electron chi connectivity index (χ4n) is 2.04. The molecule has 0 aliphatic carbocycles. The van der Waals surface area contributed by atoms with Crippen LogP contribution < -0.4 is 0 Å². The van der Waals surface area contributed by atoms with E-state index in [1.165, 1.54) is 5.69 Å². The highest BCUT2D eigenvalue weighted by Crippen LogP contribution is 2.27. The summed E-state index contributed by atoms with van der Waals surface area (Å²) in [6.45, 7) is 12.5. The molecule has 0 saturated carbocycles. The Kier molecular flexibility index (Phi) is 2.59. The zero-order valence-corrected chi connectivity index (χ0v) is 10.2. The van der Waals surface area contributed by atoms with Gasteiger partial charge in [0.2, 0.25) is 0 Å². The van der Waals surface area contributed by atoms with Crippen molar-refractivity contribution in [3.8, 4) is 0 Å². The van der Waals surface area contributed by atoms with Gasteiger partial charge in [0.15, 0.2) is 0 Å². The van der Waals surface area contributed by atoms with E-state index in [0.29, 0.717) is 5.92 Å². The molecule has 0 amide bonds. The highest BCUT2D eigenvalue weighted by atomic mass is 15.3. The molecular weight excluding hydrogens is 186 g/mol. The third-order valence-electron chi connectivity index (χ3n) is 3.99. The van der Waals surface area contributed by atoms with Crippen molar-refractivity contribution in [3.63, 3.8) is 0 Å². The molecular formula is C12H21N3. The van der Waals surface area contributed by atoms with E-state index in [1.807, 2.05) is 12.5 Å². The summed E-state index contributed by atoms with van der Waals surface area (Å²) in [6, 6.07) is 0. The second kappa shape index (κ2) is 3.63. The summed E-state index contributed by atoms with van der Waals surface area (Å²) in [6.07, 6.45) is 3.93. The van der Waals surface area contributed by atoms with Gasteiger partial charge in [-0.25, -0.2) is 4.98 Å². The normalized spacial score (nSPS) is 18.2. The van der Waals surface area contributed by atoms with Gasteiger partial charge in [-0.15, -0.1) is 0 Å². The van der Waals surface area contributed by atoms with Gasteiger partial charge in [-0.3, -0.25) is 4.90 Å². The van der Waals surface area contributed by atoms with Crippen LogP contribution in [0.5, 0.6) is 0 Å². The van der Waals surface area contributed by atoms with E-state index in [1.54, 1.807) is 0 Å². The Labute approximate surface area is 92.1 Å². The molecule has 0 unspecified atom stereocenters. The maximum atomic E-state index is 4.20. The van der Waals surface area contributed by atoms with Gasteiger partial charge in [-0.05, 0) is 19.8 Å². The molecule has 0 fully saturated rings. The van der Waals surface area contributed by atoms with E-state index in [2.05, 4.69) is 42.1 Å². The average molecular weight is 207 g/mol. The van der Waals surface area contributed by atoms with Crippen molar-refractivity contribution in [3.05, 3.63) is 18.2 Å². The molecule has 15 heavy (non-hydrogen) atoms. The minimum absolute atomic E-state index is 0.273. The zero-order chi connectivity index (χ0) is 11.1. The number of hydrogen-bond donors (Lipinski definition) is 0. The second-order valence-corrected chi connectivity index (χ2v) is 5.31. The minimum atomic E-state index is 0.273. The van der Waals surface area contributed by atoms with Gasteiger partial charge in [0.05, 0.1) is 12.0 Å². The van der Waals surface area contributed by atoms with Crippen molar-refractivity contribution in [2.75, 3.05) is 6.54 Å². The van der Waals surface area contributed by atoms with Crippen LogP contribution in [0.25, 0.3) is 0 Å². The van der Waals surface area contributed by atoms with Crippen molar-refractivity contribution in [2.45, 2.75) is 46.3 Å². The lowest BCUT2D eigenvalue weighted by molar-refractivity contribution is 0.0506. The summed E-state index contributed by atoms with van der Waals surface area (Å²) in [7, 11) is 0. The Morgan fingerprint density at radius 2 is 2.07 bits per heavy atom. The zero-order valence-electron chi connectivity index (χ0n) is 10.2. The van der Waals surface area contributed by atoms with Gasteiger partial charge in [0, 0.05) is 31.4 Å². The lowest BCUT2D eigenvalue weighted by Gasteiger charge is -2.44. The number of fused-ring (bicyclic) bond motifs is 1. The molecule has 0 spiro atoms. The van der Waals surface area contributed by atoms with Crippen molar-refractivity contribution >= 4 is 0 Å². The predicted octanol–water partition coefficient (Wildman–Crippen LogP) is 2.13. The molecule has 1 aromatic rings. The van der Waals surface area contributed by atoms with Crippen LogP contribution in [-0.2, 0) is 13.1 Å². The molecule has 0 radical (unpaired) electrons. The Bertz CT molecular complexity index is 338. The van der Waals surface area contributed by atoms with Crippen LogP contribution in [0.1, 0.15) is 33.4 Å². The average Bonchev–Trinajstić information content (AvgIpc) is 2.63. The first kappa shape index (κ1) is 10.7. The monoisotopic (exact) mass is 207 g/mol. The van der Waals surface area contributed by atoms with Crippen LogP contribution in [-0.4, -0.2) is 26.5 Å². The molecule has 0 saturated heterocycles. The Morgan fingerprint density at radius 1 is 1.33 bits per heavy atom. The first-order chi connectivity index (χ1) is 7.01. The van der Waals surface area contributed by atoms with Crippen LogP contribution >= 0.6 is 0 Å². The molecule has 3 nitrogen and oxygen atoms in total. The highest BCUT2D eigenvalue weighted by Gasteiger charge is 2.32. The van der Waals surface area contributed by atoms with Crippen LogP contribution in [0.2, 0.25) is 0 Å².